The Labute approximate surface area is 117 Å². The Morgan fingerprint density at radius 1 is 0.952 bits per heavy atom. The van der Waals surface area contributed by atoms with Crippen LogP contribution in [-0.4, -0.2) is 12.0 Å². The molecule has 1 heterocycles. The number of nitrogen functional groups attached to an aromatic ring is 1. The number of hydrogen-bond acceptors (Lipinski definition) is 3. The number of rotatable bonds is 3. The molecule has 0 bridgehead atoms. The third kappa shape index (κ3) is 3.54. The second-order valence-electron chi connectivity index (χ2n) is 4.47. The van der Waals surface area contributed by atoms with Crippen molar-refractivity contribution in [1.82, 2.24) is 4.98 Å². The van der Waals surface area contributed by atoms with Gasteiger partial charge in [0.2, 0.25) is 0 Å². The lowest BCUT2D eigenvalue weighted by Gasteiger charge is -2.40. The van der Waals surface area contributed by atoms with Crippen LogP contribution in [0.15, 0.2) is 47.5 Å². The van der Waals surface area contributed by atoms with E-state index < -0.39 is 15.1 Å². The van der Waals surface area contributed by atoms with Crippen LogP contribution in [0.5, 0.6) is 0 Å². The monoisotopic (exact) mass is 325 g/mol. The average molecular weight is 325 g/mol. The lowest BCUT2D eigenvalue weighted by Crippen LogP contribution is -2.12. The molecule has 2 N–H and O–H groups in total. The molecule has 0 aliphatic heterocycles. The van der Waals surface area contributed by atoms with Crippen LogP contribution in [0, 0.1) is 0 Å². The molecule has 3 nitrogen and oxygen atoms in total. The maximum absolute atomic E-state index is 12.6. The molecule has 2 rings (SSSR count). The highest BCUT2D eigenvalue weighted by atomic mass is 32.5. The van der Waals surface area contributed by atoms with Crippen LogP contribution in [0.2, 0.25) is 0 Å². The van der Waals surface area contributed by atoms with Gasteiger partial charge in [0.25, 0.3) is 0 Å². The molecule has 1 aromatic heterocycles. The smallest absolute Gasteiger partial charge is 0.310 e. The molecule has 0 atom stereocenters. The molecule has 0 saturated heterocycles. The van der Waals surface area contributed by atoms with E-state index in [1.54, 1.807) is 19.2 Å². The molecule has 0 radical (unpaired) electrons. The van der Waals surface area contributed by atoms with Gasteiger partial charge in [0.05, 0.1) is 11.9 Å². The Balaban J connectivity index is 2.34. The molecule has 0 amide bonds. The Morgan fingerprint density at radius 2 is 1.52 bits per heavy atom. The largest absolute Gasteiger partial charge is 0.397 e. The van der Waals surface area contributed by atoms with Gasteiger partial charge in [-0.05, 0) is 36.4 Å². The lowest BCUT2D eigenvalue weighted by molar-refractivity contribution is 0.364. The van der Waals surface area contributed by atoms with Gasteiger partial charge in [0, 0.05) is 12.7 Å². The van der Waals surface area contributed by atoms with Crippen LogP contribution in [-0.2, 0) is 0 Å². The number of pyridine rings is 1. The van der Waals surface area contributed by atoms with E-state index in [0.29, 0.717) is 23.6 Å². The standard InChI is InChI=1S/C12H12F5N3S/c1-20(12-7-2-9(18)8-19-12)10-3-5-11(6-4-10)21(13,14,15,16)17/h2-8H,18H2,1H3. The zero-order valence-corrected chi connectivity index (χ0v) is 11.6. The van der Waals surface area contributed by atoms with Crippen molar-refractivity contribution in [2.45, 2.75) is 4.90 Å². The second kappa shape index (κ2) is 4.00. The fourth-order valence-corrected chi connectivity index (χ4v) is 2.31. The molecule has 21 heavy (non-hydrogen) atoms. The summed E-state index contributed by atoms with van der Waals surface area (Å²) in [5, 5.41) is 0. The molecule has 0 spiro atoms. The molecule has 2 aromatic rings. The first-order valence-electron chi connectivity index (χ1n) is 5.66. The van der Waals surface area contributed by atoms with Gasteiger partial charge in [-0.3, -0.25) is 0 Å². The predicted octanol–water partition coefficient (Wildman–Crippen LogP) is 5.09. The van der Waals surface area contributed by atoms with Gasteiger partial charge >= 0.3 is 10.2 Å². The molecule has 0 aliphatic rings. The fourth-order valence-electron chi connectivity index (χ4n) is 1.66. The first kappa shape index (κ1) is 15.4. The van der Waals surface area contributed by atoms with Gasteiger partial charge in [-0.1, -0.05) is 19.4 Å². The van der Waals surface area contributed by atoms with Crippen molar-refractivity contribution in [3.8, 4) is 0 Å². The first-order chi connectivity index (χ1) is 9.36. The van der Waals surface area contributed by atoms with Crippen molar-refractivity contribution in [3.63, 3.8) is 0 Å². The maximum Gasteiger partial charge on any atom is 0.310 e. The molecular weight excluding hydrogens is 313 g/mol. The maximum atomic E-state index is 12.6. The highest BCUT2D eigenvalue weighted by Crippen LogP contribution is 3.02. The number of hydrogen-bond donors (Lipinski definition) is 1. The highest BCUT2D eigenvalue weighted by Gasteiger charge is 2.65. The third-order valence-electron chi connectivity index (χ3n) is 2.78. The van der Waals surface area contributed by atoms with E-state index >= 15 is 0 Å². The number of halogens is 5. The summed E-state index contributed by atoms with van der Waals surface area (Å²) < 4.78 is 63.0. The van der Waals surface area contributed by atoms with Crippen LogP contribution in [0.4, 0.5) is 36.6 Å². The summed E-state index contributed by atoms with van der Waals surface area (Å²) in [5.41, 5.74) is 6.20. The van der Waals surface area contributed by atoms with Crippen molar-refractivity contribution >= 4 is 27.4 Å². The lowest BCUT2D eigenvalue weighted by atomic mass is 10.3. The molecule has 0 aliphatic carbocycles. The normalized spacial score (nSPS) is 15.1. The predicted molar refractivity (Wildman–Crippen MR) is 74.6 cm³/mol. The zero-order chi connectivity index (χ0) is 16.0. The molecule has 0 saturated carbocycles. The van der Waals surface area contributed by atoms with Crippen molar-refractivity contribution < 1.29 is 19.4 Å². The Hall–Kier alpha value is -2.03. The minimum absolute atomic E-state index is 0.290. The van der Waals surface area contributed by atoms with Crippen molar-refractivity contribution in [2.24, 2.45) is 0 Å². The quantitative estimate of drug-likeness (QED) is 0.799. The Kier molecular flexibility index (Phi) is 2.93. The molecule has 0 unspecified atom stereocenters. The number of nitrogens with zero attached hydrogens (tertiary/aromatic N) is 2. The summed E-state index contributed by atoms with van der Waals surface area (Å²) in [4.78, 5) is 3.52. The van der Waals surface area contributed by atoms with E-state index in [9.17, 15) is 19.4 Å². The molecular formula is C12H12F5N3S. The van der Waals surface area contributed by atoms with Gasteiger partial charge in [-0.25, -0.2) is 4.98 Å². The average Bonchev–Trinajstić information content (AvgIpc) is 2.36. The minimum atomic E-state index is -9.63. The van der Waals surface area contributed by atoms with Crippen LogP contribution in [0.25, 0.3) is 0 Å². The van der Waals surface area contributed by atoms with Crippen LogP contribution in [0.1, 0.15) is 0 Å². The summed E-state index contributed by atoms with van der Waals surface area (Å²) in [6.45, 7) is 0. The van der Waals surface area contributed by atoms with Gasteiger partial charge in [-0.2, -0.15) is 0 Å². The van der Waals surface area contributed by atoms with Gasteiger partial charge in [-0.15, -0.1) is 0 Å². The van der Waals surface area contributed by atoms with Gasteiger partial charge < -0.3 is 10.6 Å². The van der Waals surface area contributed by atoms with Crippen molar-refractivity contribution in [3.05, 3.63) is 42.6 Å². The van der Waals surface area contributed by atoms with Crippen LogP contribution >= 0.6 is 10.2 Å². The van der Waals surface area contributed by atoms with E-state index in [-0.39, 0.29) is 5.69 Å². The van der Waals surface area contributed by atoms with E-state index in [1.807, 2.05) is 0 Å². The number of benzene rings is 1. The highest BCUT2D eigenvalue weighted by molar-refractivity contribution is 8.45. The third-order valence-corrected chi connectivity index (χ3v) is 3.95. The Morgan fingerprint density at radius 3 is 1.95 bits per heavy atom. The van der Waals surface area contributed by atoms with Crippen LogP contribution in [0.3, 0.4) is 0 Å². The van der Waals surface area contributed by atoms with Gasteiger partial charge in [0.15, 0.2) is 0 Å². The summed E-state index contributed by atoms with van der Waals surface area (Å²) in [7, 11) is -8.08. The molecule has 116 valence electrons. The second-order valence-corrected chi connectivity index (χ2v) is 6.88. The molecule has 1 aromatic carbocycles. The van der Waals surface area contributed by atoms with E-state index in [4.69, 9.17) is 5.73 Å². The minimum Gasteiger partial charge on any atom is -0.397 e. The molecule has 0 fully saturated rings. The first-order valence-corrected chi connectivity index (χ1v) is 7.61. The van der Waals surface area contributed by atoms with Crippen molar-refractivity contribution in [1.29, 1.82) is 0 Å². The molecule has 9 heteroatoms. The summed E-state index contributed by atoms with van der Waals surface area (Å²) in [6, 6.07) is 5.79. The fraction of sp³-hybridized carbons (Fsp3) is 0.0833. The number of anilines is 3. The van der Waals surface area contributed by atoms with Gasteiger partial charge in [0.1, 0.15) is 10.7 Å². The van der Waals surface area contributed by atoms with E-state index in [1.165, 1.54) is 11.1 Å². The summed E-state index contributed by atoms with van der Waals surface area (Å²) in [5.74, 6) is 0.421. The zero-order valence-electron chi connectivity index (χ0n) is 10.8. The van der Waals surface area contributed by atoms with E-state index in [0.717, 1.165) is 12.1 Å². The van der Waals surface area contributed by atoms with Crippen molar-refractivity contribution in [2.75, 3.05) is 17.7 Å². The van der Waals surface area contributed by atoms with E-state index in [2.05, 4.69) is 4.98 Å². The number of aromatic nitrogens is 1. The summed E-state index contributed by atoms with van der Waals surface area (Å²) >= 11 is 0. The Bertz CT molecular complexity index is 652. The SMILES string of the molecule is CN(c1ccc(S(F)(F)(F)(F)F)cc1)c1ccc(N)cn1. The summed E-state index contributed by atoms with van der Waals surface area (Å²) in [6.07, 6.45) is 1.38. The van der Waals surface area contributed by atoms with Crippen LogP contribution < -0.4 is 10.6 Å². The topological polar surface area (TPSA) is 42.1 Å². The number of nitrogens with two attached hydrogens (primary N) is 1.